The molecular formula is C48H32N4. The molecule has 10 aromatic rings. The van der Waals surface area contributed by atoms with Crippen LogP contribution in [0.25, 0.3) is 94.0 Å². The minimum Gasteiger partial charge on any atom is -0.277 e. The minimum absolute atomic E-state index is 0.147. The van der Waals surface area contributed by atoms with Crippen molar-refractivity contribution in [3.8, 4) is 39.9 Å². The molecule has 0 radical (unpaired) electrons. The minimum atomic E-state index is -0.147. The van der Waals surface area contributed by atoms with Crippen molar-refractivity contribution in [3.63, 3.8) is 0 Å². The third-order valence-electron chi connectivity index (χ3n) is 11.2. The van der Waals surface area contributed by atoms with Gasteiger partial charge in [0.25, 0.3) is 0 Å². The van der Waals surface area contributed by atoms with Crippen LogP contribution in [0, 0.1) is 0 Å². The molecule has 11 rings (SSSR count). The lowest BCUT2D eigenvalue weighted by atomic mass is 9.82. The molecule has 1 aliphatic rings. The van der Waals surface area contributed by atoms with E-state index in [9.17, 15) is 0 Å². The molecule has 8 aromatic carbocycles. The van der Waals surface area contributed by atoms with Crippen LogP contribution in [-0.2, 0) is 5.41 Å². The van der Waals surface area contributed by atoms with Crippen LogP contribution in [0.3, 0.4) is 0 Å². The second kappa shape index (κ2) is 10.7. The Morgan fingerprint density at radius 2 is 1.04 bits per heavy atom. The van der Waals surface area contributed by atoms with Gasteiger partial charge in [0.05, 0.1) is 11.0 Å². The van der Waals surface area contributed by atoms with Gasteiger partial charge in [0.2, 0.25) is 5.95 Å². The summed E-state index contributed by atoms with van der Waals surface area (Å²) in [5, 5.41) is 9.53. The van der Waals surface area contributed by atoms with E-state index in [4.69, 9.17) is 15.0 Å². The van der Waals surface area contributed by atoms with Crippen molar-refractivity contribution >= 4 is 54.1 Å². The van der Waals surface area contributed by atoms with E-state index in [1.54, 1.807) is 0 Å². The van der Waals surface area contributed by atoms with Crippen LogP contribution in [0.1, 0.15) is 25.0 Å². The Bertz CT molecular complexity index is 3100. The predicted octanol–water partition coefficient (Wildman–Crippen LogP) is 12.1. The average Bonchev–Trinajstić information content (AvgIpc) is 3.68. The molecule has 2 aromatic heterocycles. The number of hydrogen-bond acceptors (Lipinski definition) is 3. The standard InChI is InChI=1S/C48H32N4/c1-48(2)40-23-13-12-20-35(40)36-26-25-31(28-41(36)48)46-49-45(30-15-4-3-5-16-30)50-47(51-46)52-43-32-17-7-6-14-29(32)24-27-39(43)42-37-21-10-8-18-33(37)34-19-9-11-22-38(34)44(42)52/h3-28H,1-2H3. The number of hydrogen-bond donors (Lipinski definition) is 0. The van der Waals surface area contributed by atoms with Crippen molar-refractivity contribution < 1.29 is 0 Å². The lowest BCUT2D eigenvalue weighted by Crippen LogP contribution is -2.15. The van der Waals surface area contributed by atoms with Crippen LogP contribution in [0.5, 0.6) is 0 Å². The Morgan fingerprint density at radius 3 is 1.85 bits per heavy atom. The van der Waals surface area contributed by atoms with Crippen molar-refractivity contribution in [2.24, 2.45) is 0 Å². The highest BCUT2D eigenvalue weighted by atomic mass is 15.2. The molecule has 0 bridgehead atoms. The molecule has 1 aliphatic carbocycles. The first-order valence-electron chi connectivity index (χ1n) is 17.9. The van der Waals surface area contributed by atoms with Crippen LogP contribution >= 0.6 is 0 Å². The molecule has 0 saturated heterocycles. The molecule has 52 heavy (non-hydrogen) atoms. The van der Waals surface area contributed by atoms with Crippen LogP contribution in [-0.4, -0.2) is 19.5 Å². The third-order valence-corrected chi connectivity index (χ3v) is 11.2. The normalized spacial score (nSPS) is 13.3. The van der Waals surface area contributed by atoms with Gasteiger partial charge < -0.3 is 0 Å². The van der Waals surface area contributed by atoms with Gasteiger partial charge in [-0.05, 0) is 49.9 Å². The molecule has 0 atom stereocenters. The quantitative estimate of drug-likeness (QED) is 0.177. The highest BCUT2D eigenvalue weighted by molar-refractivity contribution is 6.34. The van der Waals surface area contributed by atoms with Crippen molar-refractivity contribution in [1.82, 2.24) is 19.5 Å². The maximum Gasteiger partial charge on any atom is 0.238 e. The lowest BCUT2D eigenvalue weighted by Gasteiger charge is -2.21. The van der Waals surface area contributed by atoms with Gasteiger partial charge in [-0.1, -0.05) is 166 Å². The van der Waals surface area contributed by atoms with Crippen molar-refractivity contribution in [3.05, 3.63) is 169 Å². The van der Waals surface area contributed by atoms with E-state index in [0.717, 1.165) is 32.9 Å². The van der Waals surface area contributed by atoms with Gasteiger partial charge in [0.15, 0.2) is 11.6 Å². The van der Waals surface area contributed by atoms with Gasteiger partial charge in [-0.2, -0.15) is 9.97 Å². The molecule has 244 valence electrons. The maximum atomic E-state index is 5.43. The largest absolute Gasteiger partial charge is 0.277 e. The fraction of sp³-hybridized carbons (Fsp3) is 0.0625. The average molecular weight is 665 g/mol. The van der Waals surface area contributed by atoms with E-state index >= 15 is 0 Å². The zero-order valence-corrected chi connectivity index (χ0v) is 28.8. The number of benzene rings is 8. The molecule has 0 unspecified atom stereocenters. The Hall–Kier alpha value is -6.65. The summed E-state index contributed by atoms with van der Waals surface area (Å²) in [7, 11) is 0. The zero-order valence-electron chi connectivity index (χ0n) is 28.8. The van der Waals surface area contributed by atoms with Crippen molar-refractivity contribution in [2.45, 2.75) is 19.3 Å². The summed E-state index contributed by atoms with van der Waals surface area (Å²) in [5.41, 5.74) is 9.17. The summed E-state index contributed by atoms with van der Waals surface area (Å²) in [5.74, 6) is 1.89. The van der Waals surface area contributed by atoms with E-state index < -0.39 is 0 Å². The number of rotatable bonds is 3. The fourth-order valence-electron chi connectivity index (χ4n) is 8.79. The fourth-order valence-corrected chi connectivity index (χ4v) is 8.79. The highest BCUT2D eigenvalue weighted by Gasteiger charge is 2.35. The Kier molecular flexibility index (Phi) is 5.98. The van der Waals surface area contributed by atoms with E-state index in [0.29, 0.717) is 17.6 Å². The van der Waals surface area contributed by atoms with Crippen LogP contribution in [0.15, 0.2) is 158 Å². The van der Waals surface area contributed by atoms with E-state index in [2.05, 4.69) is 158 Å². The first-order valence-corrected chi connectivity index (χ1v) is 17.9. The second-order valence-electron chi connectivity index (χ2n) is 14.4. The topological polar surface area (TPSA) is 43.6 Å². The van der Waals surface area contributed by atoms with Crippen molar-refractivity contribution in [1.29, 1.82) is 0 Å². The molecule has 0 N–H and O–H groups in total. The SMILES string of the molecule is CC1(C)c2ccccc2-c2ccc(-c3nc(-c4ccccc4)nc(-n4c5c6ccccc6ccc5c5c6ccccc6c6ccccc6c54)n3)cc21. The van der Waals surface area contributed by atoms with Gasteiger partial charge in [0.1, 0.15) is 0 Å². The summed E-state index contributed by atoms with van der Waals surface area (Å²) in [6, 6.07) is 56.4. The molecule has 0 amide bonds. The summed E-state index contributed by atoms with van der Waals surface area (Å²) in [6.45, 7) is 4.63. The Balaban J connectivity index is 1.28. The van der Waals surface area contributed by atoms with Gasteiger partial charge in [0, 0.05) is 38.1 Å². The zero-order chi connectivity index (χ0) is 34.6. The van der Waals surface area contributed by atoms with E-state index in [1.165, 1.54) is 54.6 Å². The van der Waals surface area contributed by atoms with Gasteiger partial charge in [-0.25, -0.2) is 4.98 Å². The summed E-state index contributed by atoms with van der Waals surface area (Å²) < 4.78 is 2.31. The summed E-state index contributed by atoms with van der Waals surface area (Å²) in [4.78, 5) is 16.0. The van der Waals surface area contributed by atoms with Gasteiger partial charge in [-0.3, -0.25) is 4.57 Å². The van der Waals surface area contributed by atoms with Crippen LogP contribution in [0.4, 0.5) is 0 Å². The molecule has 4 nitrogen and oxygen atoms in total. The molecule has 0 fully saturated rings. The Morgan fingerprint density at radius 1 is 0.423 bits per heavy atom. The molecule has 0 aliphatic heterocycles. The molecule has 4 heteroatoms. The first kappa shape index (κ1) is 29.1. The van der Waals surface area contributed by atoms with Crippen LogP contribution < -0.4 is 0 Å². The molecule has 0 spiro atoms. The lowest BCUT2D eigenvalue weighted by molar-refractivity contribution is 0.660. The smallest absolute Gasteiger partial charge is 0.238 e. The van der Waals surface area contributed by atoms with E-state index in [-0.39, 0.29) is 5.41 Å². The monoisotopic (exact) mass is 664 g/mol. The molecule has 2 heterocycles. The first-order chi connectivity index (χ1) is 25.6. The Labute approximate surface area is 300 Å². The number of fused-ring (bicyclic) bond motifs is 13. The number of aromatic nitrogens is 4. The molecule has 0 saturated carbocycles. The maximum absolute atomic E-state index is 5.43. The van der Waals surface area contributed by atoms with Crippen LogP contribution in [0.2, 0.25) is 0 Å². The van der Waals surface area contributed by atoms with Gasteiger partial charge in [-0.15, -0.1) is 0 Å². The van der Waals surface area contributed by atoms with Gasteiger partial charge >= 0.3 is 0 Å². The number of nitrogens with zero attached hydrogens (tertiary/aromatic N) is 4. The third kappa shape index (κ3) is 4.00. The second-order valence-corrected chi connectivity index (χ2v) is 14.4. The summed E-state index contributed by atoms with van der Waals surface area (Å²) in [6.07, 6.45) is 0. The molecular weight excluding hydrogens is 633 g/mol. The predicted molar refractivity (Wildman–Crippen MR) is 215 cm³/mol. The van der Waals surface area contributed by atoms with Crippen molar-refractivity contribution in [2.75, 3.05) is 0 Å². The summed E-state index contributed by atoms with van der Waals surface area (Å²) >= 11 is 0. The highest BCUT2D eigenvalue weighted by Crippen LogP contribution is 2.50. The van der Waals surface area contributed by atoms with E-state index in [1.807, 2.05) is 18.2 Å².